The molecular weight excluding hydrogens is 224 g/mol. The second-order valence-corrected chi connectivity index (χ2v) is 4.85. The van der Waals surface area contributed by atoms with Crippen LogP contribution in [0.15, 0.2) is 29.3 Å². The smallest absolute Gasteiger partial charge is 0.241 e. The first-order valence-corrected chi connectivity index (χ1v) is 6.27. The van der Waals surface area contributed by atoms with Crippen molar-refractivity contribution in [1.82, 2.24) is 10.2 Å². The number of benzene rings is 1. The van der Waals surface area contributed by atoms with Gasteiger partial charge in [0.25, 0.3) is 0 Å². The molecule has 4 nitrogen and oxygen atoms in total. The number of fused-ring (bicyclic) bond motifs is 1. The van der Waals surface area contributed by atoms with E-state index >= 15 is 0 Å². The van der Waals surface area contributed by atoms with Crippen molar-refractivity contribution in [2.45, 2.75) is 11.9 Å². The Balaban J connectivity index is 2.74. The first-order chi connectivity index (χ1) is 7.77. The van der Waals surface area contributed by atoms with Gasteiger partial charge >= 0.3 is 0 Å². The fourth-order valence-corrected chi connectivity index (χ4v) is 2.34. The number of ether oxygens (including phenoxy) is 1. The van der Waals surface area contributed by atoms with E-state index in [4.69, 9.17) is 4.74 Å². The molecule has 0 N–H and O–H groups in total. The van der Waals surface area contributed by atoms with Gasteiger partial charge in [0.2, 0.25) is 5.88 Å². The van der Waals surface area contributed by atoms with Crippen molar-refractivity contribution in [2.24, 2.45) is 0 Å². The molecule has 1 aromatic carbocycles. The number of nitrogens with zero attached hydrogens (tertiary/aromatic N) is 2. The molecule has 1 atom stereocenters. The van der Waals surface area contributed by atoms with Gasteiger partial charge in [-0.1, -0.05) is 25.1 Å². The van der Waals surface area contributed by atoms with Crippen LogP contribution in [0.1, 0.15) is 6.92 Å². The van der Waals surface area contributed by atoms with Crippen LogP contribution in [-0.2, 0) is 10.8 Å². The Kier molecular flexibility index (Phi) is 3.14. The Morgan fingerprint density at radius 2 is 1.94 bits per heavy atom. The largest absolute Gasteiger partial charge is 0.479 e. The van der Waals surface area contributed by atoms with Crippen LogP contribution in [-0.4, -0.2) is 27.3 Å². The zero-order chi connectivity index (χ0) is 11.5. The molecule has 2 rings (SSSR count). The molecule has 16 heavy (non-hydrogen) atoms. The minimum absolute atomic E-state index is 0.465. The zero-order valence-electron chi connectivity index (χ0n) is 9.14. The summed E-state index contributed by atoms with van der Waals surface area (Å²) in [7, 11) is 0.444. The second kappa shape index (κ2) is 4.57. The van der Waals surface area contributed by atoms with Gasteiger partial charge in [-0.05, 0) is 6.07 Å². The van der Waals surface area contributed by atoms with Gasteiger partial charge in [-0.2, -0.15) is 0 Å². The maximum absolute atomic E-state index is 11.8. The average molecular weight is 236 g/mol. The number of methoxy groups -OCH3 is 1. The van der Waals surface area contributed by atoms with Crippen LogP contribution in [0.25, 0.3) is 10.8 Å². The maximum Gasteiger partial charge on any atom is 0.241 e. The first kappa shape index (κ1) is 11.0. The number of rotatable bonds is 3. The molecule has 1 heterocycles. The standard InChI is InChI=1S/C11H12N2O2S/c1-3-16(14)11-9-7-5-4-6-8(9)10(15-2)12-13-11/h4-7H,3H2,1-2H3. The summed E-state index contributed by atoms with van der Waals surface area (Å²) in [5, 5.41) is 10.1. The topological polar surface area (TPSA) is 52.1 Å². The molecule has 1 aromatic heterocycles. The lowest BCUT2D eigenvalue weighted by atomic mass is 10.2. The van der Waals surface area contributed by atoms with Crippen molar-refractivity contribution >= 4 is 21.6 Å². The molecule has 0 bridgehead atoms. The van der Waals surface area contributed by atoms with Gasteiger partial charge in [-0.25, -0.2) is 0 Å². The normalized spacial score (nSPS) is 12.6. The quantitative estimate of drug-likeness (QED) is 0.815. The van der Waals surface area contributed by atoms with E-state index in [0.717, 1.165) is 10.8 Å². The van der Waals surface area contributed by atoms with Gasteiger partial charge < -0.3 is 4.74 Å². The van der Waals surface area contributed by atoms with E-state index in [1.54, 1.807) is 7.11 Å². The second-order valence-electron chi connectivity index (χ2n) is 3.19. The summed E-state index contributed by atoms with van der Waals surface area (Å²) < 4.78 is 16.9. The maximum atomic E-state index is 11.8. The summed E-state index contributed by atoms with van der Waals surface area (Å²) in [6.07, 6.45) is 0. The van der Waals surface area contributed by atoms with Gasteiger partial charge in [0.05, 0.1) is 17.9 Å². The third-order valence-corrected chi connectivity index (χ3v) is 3.55. The molecule has 0 fully saturated rings. The summed E-state index contributed by atoms with van der Waals surface area (Å²) in [5.41, 5.74) is 0. The van der Waals surface area contributed by atoms with Crippen LogP contribution in [0, 0.1) is 0 Å². The van der Waals surface area contributed by atoms with Crippen LogP contribution in [0.3, 0.4) is 0 Å². The molecule has 1 unspecified atom stereocenters. The van der Waals surface area contributed by atoms with E-state index in [2.05, 4.69) is 10.2 Å². The van der Waals surface area contributed by atoms with Crippen molar-refractivity contribution in [3.8, 4) is 5.88 Å². The van der Waals surface area contributed by atoms with Crippen LogP contribution < -0.4 is 4.74 Å². The van der Waals surface area contributed by atoms with Crippen molar-refractivity contribution in [3.63, 3.8) is 0 Å². The minimum atomic E-state index is -1.10. The molecule has 0 aliphatic rings. The van der Waals surface area contributed by atoms with Gasteiger partial charge in [-0.3, -0.25) is 4.21 Å². The molecule has 2 aromatic rings. The fraction of sp³-hybridized carbons (Fsp3) is 0.273. The summed E-state index contributed by atoms with van der Waals surface area (Å²) in [5.74, 6) is 0.998. The molecular formula is C11H12N2O2S. The fourth-order valence-electron chi connectivity index (χ4n) is 1.51. The highest BCUT2D eigenvalue weighted by molar-refractivity contribution is 7.85. The van der Waals surface area contributed by atoms with Crippen LogP contribution in [0.5, 0.6) is 5.88 Å². The number of hydrogen-bond acceptors (Lipinski definition) is 4. The molecule has 0 aliphatic heterocycles. The van der Waals surface area contributed by atoms with E-state index in [9.17, 15) is 4.21 Å². The Morgan fingerprint density at radius 1 is 1.25 bits per heavy atom. The Bertz CT molecular complexity index is 542. The molecule has 0 saturated carbocycles. The molecule has 0 spiro atoms. The third-order valence-electron chi connectivity index (χ3n) is 2.29. The van der Waals surface area contributed by atoms with Crippen molar-refractivity contribution < 1.29 is 8.95 Å². The lowest BCUT2D eigenvalue weighted by Gasteiger charge is -2.06. The van der Waals surface area contributed by atoms with E-state index in [0.29, 0.717) is 16.7 Å². The van der Waals surface area contributed by atoms with Crippen LogP contribution >= 0.6 is 0 Å². The van der Waals surface area contributed by atoms with Gasteiger partial charge in [0.1, 0.15) is 0 Å². The van der Waals surface area contributed by atoms with E-state index in [-0.39, 0.29) is 0 Å². The minimum Gasteiger partial charge on any atom is -0.479 e. The summed E-state index contributed by atoms with van der Waals surface area (Å²) in [6, 6.07) is 7.56. The monoisotopic (exact) mass is 236 g/mol. The van der Waals surface area contributed by atoms with E-state index in [1.807, 2.05) is 31.2 Å². The molecule has 0 saturated heterocycles. The molecule has 0 aliphatic carbocycles. The van der Waals surface area contributed by atoms with E-state index < -0.39 is 10.8 Å². The summed E-state index contributed by atoms with van der Waals surface area (Å²) in [6.45, 7) is 1.86. The number of aromatic nitrogens is 2. The molecule has 84 valence electrons. The molecule has 0 radical (unpaired) electrons. The highest BCUT2D eigenvalue weighted by Gasteiger charge is 2.12. The number of hydrogen-bond donors (Lipinski definition) is 0. The zero-order valence-corrected chi connectivity index (χ0v) is 9.95. The SMILES string of the molecule is CCS(=O)c1nnc(OC)c2ccccc12. The van der Waals surface area contributed by atoms with Gasteiger partial charge in [0, 0.05) is 16.5 Å². The van der Waals surface area contributed by atoms with Crippen molar-refractivity contribution in [1.29, 1.82) is 0 Å². The van der Waals surface area contributed by atoms with Crippen molar-refractivity contribution in [2.75, 3.05) is 12.9 Å². The third kappa shape index (κ3) is 1.78. The Morgan fingerprint density at radius 3 is 2.56 bits per heavy atom. The van der Waals surface area contributed by atoms with Crippen LogP contribution in [0.2, 0.25) is 0 Å². The summed E-state index contributed by atoms with van der Waals surface area (Å²) >= 11 is 0. The molecule has 5 heteroatoms. The van der Waals surface area contributed by atoms with Crippen molar-refractivity contribution in [3.05, 3.63) is 24.3 Å². The molecule has 0 amide bonds. The Hall–Kier alpha value is -1.49. The Labute approximate surface area is 96.1 Å². The van der Waals surface area contributed by atoms with E-state index in [1.165, 1.54) is 0 Å². The predicted octanol–water partition coefficient (Wildman–Crippen LogP) is 1.77. The summed E-state index contributed by atoms with van der Waals surface area (Å²) in [4.78, 5) is 0. The average Bonchev–Trinajstić information content (AvgIpc) is 2.36. The predicted molar refractivity (Wildman–Crippen MR) is 63.0 cm³/mol. The highest BCUT2D eigenvalue weighted by atomic mass is 32.2. The lowest BCUT2D eigenvalue weighted by Crippen LogP contribution is -2.02. The van der Waals surface area contributed by atoms with Gasteiger partial charge in [-0.15, -0.1) is 10.2 Å². The highest BCUT2D eigenvalue weighted by Crippen LogP contribution is 2.25. The van der Waals surface area contributed by atoms with Crippen LogP contribution in [0.4, 0.5) is 0 Å². The lowest BCUT2D eigenvalue weighted by molar-refractivity contribution is 0.396. The van der Waals surface area contributed by atoms with Gasteiger partial charge in [0.15, 0.2) is 5.03 Å². The first-order valence-electron chi connectivity index (χ1n) is 4.95.